The first-order chi connectivity index (χ1) is 6.04. The SMILES string of the molecule is CNCC(C(O)C(C)O)[C@@H](O)CO. The summed E-state index contributed by atoms with van der Waals surface area (Å²) >= 11 is 0. The van der Waals surface area contributed by atoms with Gasteiger partial charge >= 0.3 is 0 Å². The van der Waals surface area contributed by atoms with E-state index in [0.29, 0.717) is 6.54 Å². The first-order valence-corrected chi connectivity index (χ1v) is 4.34. The summed E-state index contributed by atoms with van der Waals surface area (Å²) in [5, 5.41) is 39.3. The third-order valence-corrected chi connectivity index (χ3v) is 2.05. The zero-order chi connectivity index (χ0) is 10.4. The van der Waals surface area contributed by atoms with E-state index in [2.05, 4.69) is 5.32 Å². The van der Waals surface area contributed by atoms with Gasteiger partial charge in [-0.05, 0) is 14.0 Å². The Balaban J connectivity index is 4.22. The Morgan fingerprint density at radius 3 is 2.08 bits per heavy atom. The van der Waals surface area contributed by atoms with Crippen molar-refractivity contribution >= 4 is 0 Å². The van der Waals surface area contributed by atoms with Crippen LogP contribution in [0.4, 0.5) is 0 Å². The fourth-order valence-corrected chi connectivity index (χ4v) is 1.21. The molecule has 0 heterocycles. The standard InChI is InChI=1S/C8H19NO4/c1-5(11)8(13)6(3-9-2)7(12)4-10/h5-13H,3-4H2,1-2H3/t5?,6?,7-,8?/m0/s1. The number of rotatable bonds is 6. The quantitative estimate of drug-likeness (QED) is 0.334. The molecule has 13 heavy (non-hydrogen) atoms. The predicted octanol–water partition coefficient (Wildman–Crippen LogP) is -2.08. The lowest BCUT2D eigenvalue weighted by Gasteiger charge is -2.27. The minimum Gasteiger partial charge on any atom is -0.394 e. The van der Waals surface area contributed by atoms with E-state index >= 15 is 0 Å². The molecule has 4 atom stereocenters. The molecule has 0 aromatic heterocycles. The van der Waals surface area contributed by atoms with Gasteiger partial charge in [-0.15, -0.1) is 0 Å². The van der Waals surface area contributed by atoms with Crippen LogP contribution in [0.5, 0.6) is 0 Å². The zero-order valence-electron chi connectivity index (χ0n) is 8.01. The molecule has 0 saturated carbocycles. The summed E-state index contributed by atoms with van der Waals surface area (Å²) in [5.74, 6) is -0.560. The molecule has 0 rings (SSSR count). The molecule has 0 spiro atoms. The van der Waals surface area contributed by atoms with Gasteiger partial charge in [0.15, 0.2) is 0 Å². The largest absolute Gasteiger partial charge is 0.394 e. The van der Waals surface area contributed by atoms with Crippen LogP contribution in [0.25, 0.3) is 0 Å². The first-order valence-electron chi connectivity index (χ1n) is 4.34. The van der Waals surface area contributed by atoms with Gasteiger partial charge in [0.2, 0.25) is 0 Å². The van der Waals surface area contributed by atoms with Crippen LogP contribution in [-0.2, 0) is 0 Å². The van der Waals surface area contributed by atoms with Crippen molar-refractivity contribution in [3.8, 4) is 0 Å². The lowest BCUT2D eigenvalue weighted by Crippen LogP contribution is -2.45. The van der Waals surface area contributed by atoms with Crippen LogP contribution < -0.4 is 5.32 Å². The maximum Gasteiger partial charge on any atom is 0.0862 e. The molecule has 0 aliphatic rings. The molecule has 0 saturated heterocycles. The van der Waals surface area contributed by atoms with Crippen LogP contribution in [0.1, 0.15) is 6.92 Å². The van der Waals surface area contributed by atoms with Crippen molar-refractivity contribution in [2.24, 2.45) is 5.92 Å². The highest BCUT2D eigenvalue weighted by Crippen LogP contribution is 2.12. The van der Waals surface area contributed by atoms with Gasteiger partial charge < -0.3 is 25.7 Å². The first kappa shape index (κ1) is 12.8. The van der Waals surface area contributed by atoms with Gasteiger partial charge in [-0.1, -0.05) is 0 Å². The molecule has 0 aromatic carbocycles. The van der Waals surface area contributed by atoms with Gasteiger partial charge in [0, 0.05) is 12.5 Å². The molecular weight excluding hydrogens is 174 g/mol. The lowest BCUT2D eigenvalue weighted by atomic mass is 9.93. The normalized spacial score (nSPS) is 20.8. The molecule has 3 unspecified atom stereocenters. The van der Waals surface area contributed by atoms with Crippen molar-refractivity contribution in [1.29, 1.82) is 0 Å². The highest BCUT2D eigenvalue weighted by atomic mass is 16.3. The van der Waals surface area contributed by atoms with Gasteiger partial charge in [-0.2, -0.15) is 0 Å². The van der Waals surface area contributed by atoms with E-state index in [-0.39, 0.29) is 0 Å². The Morgan fingerprint density at radius 1 is 1.23 bits per heavy atom. The monoisotopic (exact) mass is 193 g/mol. The molecular formula is C8H19NO4. The van der Waals surface area contributed by atoms with Gasteiger partial charge in [-0.25, -0.2) is 0 Å². The van der Waals surface area contributed by atoms with Crippen molar-refractivity contribution < 1.29 is 20.4 Å². The number of hydrogen-bond acceptors (Lipinski definition) is 5. The van der Waals surface area contributed by atoms with Crippen molar-refractivity contribution in [3.05, 3.63) is 0 Å². The molecule has 5 heteroatoms. The molecule has 0 bridgehead atoms. The Morgan fingerprint density at radius 2 is 1.77 bits per heavy atom. The second-order valence-corrected chi connectivity index (χ2v) is 3.20. The third-order valence-electron chi connectivity index (χ3n) is 2.05. The molecule has 0 radical (unpaired) electrons. The molecule has 0 aliphatic heterocycles. The summed E-state index contributed by atoms with van der Waals surface area (Å²) < 4.78 is 0. The minimum atomic E-state index is -1.03. The maximum absolute atomic E-state index is 9.46. The predicted molar refractivity (Wildman–Crippen MR) is 48.2 cm³/mol. The van der Waals surface area contributed by atoms with Crippen LogP contribution in [-0.4, -0.2) is 58.9 Å². The topological polar surface area (TPSA) is 93.0 Å². The maximum atomic E-state index is 9.46. The van der Waals surface area contributed by atoms with Crippen molar-refractivity contribution in [1.82, 2.24) is 5.32 Å². The van der Waals surface area contributed by atoms with E-state index < -0.39 is 30.8 Å². The Labute approximate surface area is 78.0 Å². The van der Waals surface area contributed by atoms with Crippen LogP contribution in [0, 0.1) is 5.92 Å². The number of aliphatic hydroxyl groups is 4. The minimum absolute atomic E-state index is 0.341. The Kier molecular flexibility index (Phi) is 6.19. The second kappa shape index (κ2) is 6.28. The van der Waals surface area contributed by atoms with Gasteiger partial charge in [0.1, 0.15) is 0 Å². The summed E-state index contributed by atoms with van der Waals surface area (Å²) in [7, 11) is 1.67. The van der Waals surface area contributed by atoms with E-state index in [4.69, 9.17) is 10.2 Å². The molecule has 0 amide bonds. The van der Waals surface area contributed by atoms with E-state index in [1.807, 2.05) is 0 Å². The van der Waals surface area contributed by atoms with Crippen LogP contribution >= 0.6 is 0 Å². The summed E-state index contributed by atoms with van der Waals surface area (Å²) in [4.78, 5) is 0. The van der Waals surface area contributed by atoms with Gasteiger partial charge in [0.25, 0.3) is 0 Å². The van der Waals surface area contributed by atoms with E-state index in [1.165, 1.54) is 6.92 Å². The number of hydrogen-bond donors (Lipinski definition) is 5. The zero-order valence-corrected chi connectivity index (χ0v) is 8.01. The summed E-state index contributed by atoms with van der Waals surface area (Å²) in [6, 6.07) is 0. The van der Waals surface area contributed by atoms with Crippen molar-refractivity contribution in [2.45, 2.75) is 25.2 Å². The fraction of sp³-hybridized carbons (Fsp3) is 1.00. The molecule has 0 aromatic rings. The average Bonchev–Trinajstić information content (AvgIpc) is 2.11. The van der Waals surface area contributed by atoms with E-state index in [0.717, 1.165) is 0 Å². The summed E-state index contributed by atoms with van der Waals surface area (Å²) in [6.07, 6.45) is -2.97. The third kappa shape index (κ3) is 4.02. The van der Waals surface area contributed by atoms with Crippen molar-refractivity contribution in [3.63, 3.8) is 0 Å². The van der Waals surface area contributed by atoms with Crippen LogP contribution in [0.15, 0.2) is 0 Å². The molecule has 80 valence electrons. The summed E-state index contributed by atoms with van der Waals surface area (Å²) in [5.41, 5.74) is 0. The molecule has 5 N–H and O–H groups in total. The highest BCUT2D eigenvalue weighted by Gasteiger charge is 2.28. The Hall–Kier alpha value is -0.200. The molecule has 5 nitrogen and oxygen atoms in total. The second-order valence-electron chi connectivity index (χ2n) is 3.20. The lowest BCUT2D eigenvalue weighted by molar-refractivity contribution is -0.0627. The Bertz CT molecular complexity index is 131. The van der Waals surface area contributed by atoms with Crippen LogP contribution in [0.2, 0.25) is 0 Å². The smallest absolute Gasteiger partial charge is 0.0862 e. The van der Waals surface area contributed by atoms with Crippen LogP contribution in [0.3, 0.4) is 0 Å². The van der Waals surface area contributed by atoms with E-state index in [9.17, 15) is 10.2 Å². The van der Waals surface area contributed by atoms with Gasteiger partial charge in [0.05, 0.1) is 24.9 Å². The molecule has 0 aliphatic carbocycles. The average molecular weight is 193 g/mol. The highest BCUT2D eigenvalue weighted by molar-refractivity contribution is 4.80. The summed E-state index contributed by atoms with van der Waals surface area (Å²) in [6.45, 7) is 1.36. The van der Waals surface area contributed by atoms with Gasteiger partial charge in [-0.3, -0.25) is 0 Å². The number of nitrogens with one attached hydrogen (secondary N) is 1. The molecule has 0 fully saturated rings. The van der Waals surface area contributed by atoms with Crippen molar-refractivity contribution in [2.75, 3.05) is 20.2 Å². The number of aliphatic hydroxyl groups excluding tert-OH is 4. The fourth-order valence-electron chi connectivity index (χ4n) is 1.21. The van der Waals surface area contributed by atoms with E-state index in [1.54, 1.807) is 7.05 Å².